The Bertz CT molecular complexity index is 891. The first-order valence-electron chi connectivity index (χ1n) is 9.63. The van der Waals surface area contributed by atoms with E-state index in [-0.39, 0.29) is 41.9 Å². The number of nitrogens with one attached hydrogen (secondary N) is 1. The highest BCUT2D eigenvalue weighted by molar-refractivity contribution is 6.05. The molecule has 1 atom stereocenters. The Labute approximate surface area is 175 Å². The molecular weight excluding hydrogens is 393 g/mol. The number of halogens is 1. The fraction of sp³-hybridized carbons (Fsp3) is 0.524. The second kappa shape index (κ2) is 8.41. The van der Waals surface area contributed by atoms with Gasteiger partial charge in [0.25, 0.3) is 0 Å². The Kier molecular flexibility index (Phi) is 6.54. The summed E-state index contributed by atoms with van der Waals surface area (Å²) in [4.78, 5) is 42.3. The van der Waals surface area contributed by atoms with Gasteiger partial charge >= 0.3 is 12.1 Å². The Morgan fingerprint density at radius 3 is 2.50 bits per heavy atom. The number of benzene rings is 1. The van der Waals surface area contributed by atoms with Crippen molar-refractivity contribution in [1.29, 1.82) is 0 Å². The minimum atomic E-state index is -1.28. The van der Waals surface area contributed by atoms with Crippen LogP contribution in [-0.2, 0) is 16.1 Å². The summed E-state index contributed by atoms with van der Waals surface area (Å²) in [5.74, 6) is -2.35. The van der Waals surface area contributed by atoms with Crippen LogP contribution in [0.5, 0.6) is 0 Å². The Balaban J connectivity index is 2.41. The molecule has 0 fully saturated rings. The fourth-order valence-corrected chi connectivity index (χ4v) is 2.90. The normalized spacial score (nSPS) is 19.5. The molecule has 1 aliphatic rings. The van der Waals surface area contributed by atoms with Gasteiger partial charge in [-0.05, 0) is 57.4 Å². The van der Waals surface area contributed by atoms with Gasteiger partial charge in [0.15, 0.2) is 0 Å². The van der Waals surface area contributed by atoms with Crippen molar-refractivity contribution in [3.63, 3.8) is 0 Å². The number of carboxylic acid groups (broad SMARTS) is 1. The number of carbonyl (C=O) groups excluding carboxylic acids is 2. The molecule has 8 nitrogen and oxygen atoms in total. The molecule has 0 aliphatic carbocycles. The summed E-state index contributed by atoms with van der Waals surface area (Å²) in [5.41, 5.74) is -1.48. The minimum Gasteiger partial charge on any atom is -0.478 e. The third-order valence-electron chi connectivity index (χ3n) is 4.83. The summed E-state index contributed by atoms with van der Waals surface area (Å²) in [6.07, 6.45) is -0.692. The summed E-state index contributed by atoms with van der Waals surface area (Å²) in [7, 11) is 0. The van der Waals surface area contributed by atoms with Crippen LogP contribution in [0.25, 0.3) is 0 Å². The standard InChI is InChI=1S/C21H28FN3O5/c1-12(2)21(6)10-16(26)25(18(24-21)23-19(29)30-20(3,4)5)11-13-7-14(17(27)28)9-15(22)8-13/h7-9,12H,10-11H2,1-6H3,(H,27,28)(H,23,24,29). The smallest absolute Gasteiger partial charge is 0.414 e. The quantitative estimate of drug-likeness (QED) is 0.773. The molecule has 2 N–H and O–H groups in total. The second-order valence-electron chi connectivity index (χ2n) is 8.88. The van der Waals surface area contributed by atoms with Crippen molar-refractivity contribution in [2.24, 2.45) is 10.9 Å². The van der Waals surface area contributed by atoms with Gasteiger partial charge in [0.05, 0.1) is 24.1 Å². The zero-order valence-electron chi connectivity index (χ0n) is 18.1. The number of aromatic carboxylic acids is 1. The molecule has 0 spiro atoms. The third kappa shape index (κ3) is 5.77. The molecular formula is C21H28FN3O5. The predicted molar refractivity (Wildman–Crippen MR) is 109 cm³/mol. The van der Waals surface area contributed by atoms with Crippen molar-refractivity contribution in [2.75, 3.05) is 0 Å². The van der Waals surface area contributed by atoms with Gasteiger partial charge < -0.3 is 9.84 Å². The van der Waals surface area contributed by atoms with Crippen LogP contribution < -0.4 is 5.32 Å². The molecule has 0 aromatic heterocycles. The van der Waals surface area contributed by atoms with E-state index >= 15 is 0 Å². The molecule has 30 heavy (non-hydrogen) atoms. The van der Waals surface area contributed by atoms with Crippen LogP contribution in [0.3, 0.4) is 0 Å². The van der Waals surface area contributed by atoms with Gasteiger partial charge in [-0.15, -0.1) is 0 Å². The number of amides is 2. The molecule has 1 heterocycles. The highest BCUT2D eigenvalue weighted by Gasteiger charge is 2.40. The first kappa shape index (κ1) is 23.3. The Morgan fingerprint density at radius 2 is 1.97 bits per heavy atom. The van der Waals surface area contributed by atoms with Crippen molar-refractivity contribution in [1.82, 2.24) is 10.2 Å². The Hall–Kier alpha value is -2.97. The van der Waals surface area contributed by atoms with Crippen molar-refractivity contribution >= 4 is 23.9 Å². The van der Waals surface area contributed by atoms with Crippen molar-refractivity contribution in [3.8, 4) is 0 Å². The maximum absolute atomic E-state index is 13.9. The lowest BCUT2D eigenvalue weighted by atomic mass is 9.84. The van der Waals surface area contributed by atoms with Gasteiger partial charge in [0.1, 0.15) is 11.4 Å². The molecule has 1 aromatic carbocycles. The molecule has 0 bridgehead atoms. The summed E-state index contributed by atoms with van der Waals surface area (Å²) in [5, 5.41) is 11.7. The molecule has 2 rings (SSSR count). The lowest BCUT2D eigenvalue weighted by Gasteiger charge is -2.38. The van der Waals surface area contributed by atoms with Crippen LogP contribution in [0.15, 0.2) is 23.2 Å². The zero-order chi connectivity index (χ0) is 22.9. The lowest BCUT2D eigenvalue weighted by Crippen LogP contribution is -2.55. The molecule has 2 amide bonds. The fourth-order valence-electron chi connectivity index (χ4n) is 2.90. The van der Waals surface area contributed by atoms with Crippen LogP contribution in [0.2, 0.25) is 0 Å². The van der Waals surface area contributed by atoms with E-state index in [0.717, 1.165) is 12.1 Å². The molecule has 0 radical (unpaired) electrons. The first-order valence-corrected chi connectivity index (χ1v) is 9.63. The van der Waals surface area contributed by atoms with Gasteiger partial charge in [-0.2, -0.15) is 0 Å². The molecule has 164 valence electrons. The van der Waals surface area contributed by atoms with Crippen LogP contribution in [0.1, 0.15) is 63.9 Å². The first-order chi connectivity index (χ1) is 13.7. The van der Waals surface area contributed by atoms with Gasteiger partial charge in [-0.1, -0.05) is 13.8 Å². The van der Waals surface area contributed by atoms with Crippen molar-refractivity contribution in [3.05, 3.63) is 35.1 Å². The molecule has 0 saturated heterocycles. The summed E-state index contributed by atoms with van der Waals surface area (Å²) in [6, 6.07) is 3.31. The number of hydrogen-bond donors (Lipinski definition) is 2. The summed E-state index contributed by atoms with van der Waals surface area (Å²) >= 11 is 0. The monoisotopic (exact) mass is 421 g/mol. The largest absolute Gasteiger partial charge is 0.478 e. The number of carbonyl (C=O) groups is 3. The highest BCUT2D eigenvalue weighted by Crippen LogP contribution is 2.31. The van der Waals surface area contributed by atoms with E-state index in [1.54, 1.807) is 20.8 Å². The minimum absolute atomic E-state index is 0.00631. The van der Waals surface area contributed by atoms with Crippen LogP contribution in [0.4, 0.5) is 9.18 Å². The number of rotatable bonds is 4. The maximum atomic E-state index is 13.9. The number of guanidine groups is 1. The SMILES string of the molecule is CC(C)C1(C)CC(=O)N(Cc2cc(F)cc(C(=O)O)c2)C(NC(=O)OC(C)(C)C)=N1. The van der Waals surface area contributed by atoms with E-state index < -0.39 is 29.0 Å². The predicted octanol–water partition coefficient (Wildman–Crippen LogP) is 3.55. The van der Waals surface area contributed by atoms with E-state index in [4.69, 9.17) is 9.84 Å². The zero-order valence-corrected chi connectivity index (χ0v) is 18.1. The summed E-state index contributed by atoms with van der Waals surface area (Å²) in [6.45, 7) is 10.6. The average molecular weight is 421 g/mol. The number of alkyl carbamates (subject to hydrolysis) is 1. The summed E-state index contributed by atoms with van der Waals surface area (Å²) < 4.78 is 19.1. The average Bonchev–Trinajstić information content (AvgIpc) is 2.55. The van der Waals surface area contributed by atoms with Crippen molar-refractivity contribution in [2.45, 2.75) is 65.6 Å². The van der Waals surface area contributed by atoms with Gasteiger partial charge in [0.2, 0.25) is 11.9 Å². The van der Waals surface area contributed by atoms with Gasteiger partial charge in [-0.3, -0.25) is 15.0 Å². The van der Waals surface area contributed by atoms with E-state index in [0.29, 0.717) is 0 Å². The number of hydrogen-bond acceptors (Lipinski definition) is 5. The van der Waals surface area contributed by atoms with Gasteiger partial charge in [-0.25, -0.2) is 19.0 Å². The van der Waals surface area contributed by atoms with Crippen LogP contribution >= 0.6 is 0 Å². The van der Waals surface area contributed by atoms with Crippen molar-refractivity contribution < 1.29 is 28.6 Å². The molecule has 9 heteroatoms. The molecule has 0 saturated carbocycles. The van der Waals surface area contributed by atoms with E-state index in [9.17, 15) is 18.8 Å². The number of nitrogens with zero attached hydrogens (tertiary/aromatic N) is 2. The van der Waals surface area contributed by atoms with Gasteiger partial charge in [0, 0.05) is 0 Å². The number of aliphatic imine (C=N–C) groups is 1. The van der Waals surface area contributed by atoms with E-state index in [1.165, 1.54) is 11.0 Å². The highest BCUT2D eigenvalue weighted by atomic mass is 19.1. The third-order valence-corrected chi connectivity index (χ3v) is 4.83. The second-order valence-corrected chi connectivity index (χ2v) is 8.88. The van der Waals surface area contributed by atoms with Crippen LogP contribution in [0, 0.1) is 11.7 Å². The topological polar surface area (TPSA) is 108 Å². The van der Waals surface area contributed by atoms with E-state index in [2.05, 4.69) is 10.3 Å². The van der Waals surface area contributed by atoms with Crippen LogP contribution in [-0.4, -0.2) is 45.1 Å². The lowest BCUT2D eigenvalue weighted by molar-refractivity contribution is -0.130. The molecule has 1 unspecified atom stereocenters. The molecule has 1 aromatic rings. The Morgan fingerprint density at radius 1 is 1.33 bits per heavy atom. The number of carboxylic acids is 1. The van der Waals surface area contributed by atoms with E-state index in [1.807, 2.05) is 20.8 Å². The number of ether oxygens (including phenoxy) is 1. The maximum Gasteiger partial charge on any atom is 0.414 e. The molecule has 1 aliphatic heterocycles.